The summed E-state index contributed by atoms with van der Waals surface area (Å²) in [5.74, 6) is -0.904. The van der Waals surface area contributed by atoms with Crippen LogP contribution in [0.3, 0.4) is 0 Å². The second-order valence-electron chi connectivity index (χ2n) is 4.34. The minimum atomic E-state index is -0.884. The fraction of sp³-hybridized carbons (Fsp3) is 0.818. The van der Waals surface area contributed by atoms with Crippen molar-refractivity contribution in [3.8, 4) is 0 Å². The van der Waals surface area contributed by atoms with Crippen molar-refractivity contribution in [1.82, 2.24) is 4.90 Å². The van der Waals surface area contributed by atoms with Crippen LogP contribution in [0.4, 0.5) is 0 Å². The van der Waals surface area contributed by atoms with Crippen LogP contribution in [0.1, 0.15) is 40.0 Å². The van der Waals surface area contributed by atoms with Crippen LogP contribution < -0.4 is 5.73 Å². The predicted molar refractivity (Wildman–Crippen MR) is 62.0 cm³/mol. The highest BCUT2D eigenvalue weighted by Crippen LogP contribution is 2.06. The quantitative estimate of drug-likeness (QED) is 0.678. The van der Waals surface area contributed by atoms with Crippen LogP contribution in [-0.4, -0.2) is 40.5 Å². The van der Waals surface area contributed by atoms with E-state index in [1.807, 2.05) is 20.8 Å². The zero-order chi connectivity index (χ0) is 12.7. The number of rotatable bonds is 7. The third-order valence-corrected chi connectivity index (χ3v) is 2.32. The maximum absolute atomic E-state index is 11.8. The van der Waals surface area contributed by atoms with E-state index >= 15 is 0 Å². The lowest BCUT2D eigenvalue weighted by atomic mass is 10.1. The van der Waals surface area contributed by atoms with Crippen LogP contribution in [0.2, 0.25) is 0 Å². The Morgan fingerprint density at radius 3 is 2.19 bits per heavy atom. The van der Waals surface area contributed by atoms with Gasteiger partial charge in [0, 0.05) is 25.0 Å². The first-order chi connectivity index (χ1) is 7.34. The van der Waals surface area contributed by atoms with Gasteiger partial charge in [-0.3, -0.25) is 9.59 Å². The average Bonchev–Trinajstić information content (AvgIpc) is 2.13. The molecule has 5 nitrogen and oxygen atoms in total. The molecule has 0 saturated heterocycles. The highest BCUT2D eigenvalue weighted by molar-refractivity contribution is 5.77. The number of carboxylic acids is 1. The Bertz CT molecular complexity index is 239. The summed E-state index contributed by atoms with van der Waals surface area (Å²) < 4.78 is 0. The normalized spacial score (nSPS) is 12.6. The van der Waals surface area contributed by atoms with E-state index in [1.165, 1.54) is 0 Å². The summed E-state index contributed by atoms with van der Waals surface area (Å²) in [6, 6.07) is 0.0253. The summed E-state index contributed by atoms with van der Waals surface area (Å²) in [6.07, 6.45) is 1.01. The molecular formula is C11H22N2O3. The van der Waals surface area contributed by atoms with Gasteiger partial charge in [0.05, 0.1) is 6.42 Å². The van der Waals surface area contributed by atoms with Crippen molar-refractivity contribution < 1.29 is 14.7 Å². The molecule has 0 aromatic rings. The summed E-state index contributed by atoms with van der Waals surface area (Å²) >= 11 is 0. The Morgan fingerprint density at radius 2 is 1.81 bits per heavy atom. The van der Waals surface area contributed by atoms with Crippen molar-refractivity contribution in [3.05, 3.63) is 0 Å². The molecule has 16 heavy (non-hydrogen) atoms. The molecule has 0 aliphatic heterocycles. The fourth-order valence-corrected chi connectivity index (χ4v) is 1.38. The van der Waals surface area contributed by atoms with E-state index in [2.05, 4.69) is 0 Å². The van der Waals surface area contributed by atoms with Crippen molar-refractivity contribution in [1.29, 1.82) is 0 Å². The molecule has 1 unspecified atom stereocenters. The van der Waals surface area contributed by atoms with Gasteiger partial charge in [0.25, 0.3) is 0 Å². The summed E-state index contributed by atoms with van der Waals surface area (Å²) in [4.78, 5) is 23.8. The molecule has 0 bridgehead atoms. The van der Waals surface area contributed by atoms with Crippen LogP contribution in [0.5, 0.6) is 0 Å². The van der Waals surface area contributed by atoms with E-state index in [0.29, 0.717) is 12.8 Å². The maximum atomic E-state index is 11.8. The zero-order valence-electron chi connectivity index (χ0n) is 10.3. The molecule has 1 amide bonds. The number of carbonyl (C=O) groups is 2. The summed E-state index contributed by atoms with van der Waals surface area (Å²) in [5.41, 5.74) is 5.57. The average molecular weight is 230 g/mol. The van der Waals surface area contributed by atoms with Crippen LogP contribution in [-0.2, 0) is 9.59 Å². The Hall–Kier alpha value is -1.10. The minimum Gasteiger partial charge on any atom is -0.481 e. The lowest BCUT2D eigenvalue weighted by Gasteiger charge is -2.26. The number of nitrogens with zero attached hydrogens (tertiary/aromatic N) is 1. The van der Waals surface area contributed by atoms with Gasteiger partial charge in [-0.25, -0.2) is 0 Å². The van der Waals surface area contributed by atoms with Crippen LogP contribution in [0.15, 0.2) is 0 Å². The van der Waals surface area contributed by atoms with Crippen molar-refractivity contribution in [2.24, 2.45) is 5.73 Å². The number of hydrogen-bond donors (Lipinski definition) is 2. The summed E-state index contributed by atoms with van der Waals surface area (Å²) in [6.45, 7) is 5.88. The van der Waals surface area contributed by atoms with Gasteiger partial charge in [-0.05, 0) is 27.2 Å². The van der Waals surface area contributed by atoms with Crippen LogP contribution in [0, 0.1) is 0 Å². The number of carboxylic acid groups (broad SMARTS) is 1. The Balaban J connectivity index is 4.19. The molecule has 0 aliphatic rings. The molecule has 3 N–H and O–H groups in total. The number of amides is 1. The largest absolute Gasteiger partial charge is 0.481 e. The van der Waals surface area contributed by atoms with Crippen LogP contribution >= 0.6 is 0 Å². The highest BCUT2D eigenvalue weighted by Gasteiger charge is 2.17. The first kappa shape index (κ1) is 14.9. The number of hydrogen-bond acceptors (Lipinski definition) is 3. The summed E-state index contributed by atoms with van der Waals surface area (Å²) in [5, 5.41) is 8.59. The summed E-state index contributed by atoms with van der Waals surface area (Å²) in [7, 11) is 0. The molecule has 0 saturated carbocycles. The molecule has 0 aliphatic carbocycles. The Labute approximate surface area is 96.6 Å². The standard InChI is InChI=1S/C11H22N2O3/c1-8(2)13(7-6-11(15)16)10(14)5-4-9(3)12/h8-9H,4-7,12H2,1-3H3,(H,15,16). The molecule has 0 aromatic heterocycles. The lowest BCUT2D eigenvalue weighted by molar-refractivity contribution is -0.139. The fourth-order valence-electron chi connectivity index (χ4n) is 1.38. The van der Waals surface area contributed by atoms with Crippen molar-refractivity contribution >= 4 is 11.9 Å². The zero-order valence-corrected chi connectivity index (χ0v) is 10.3. The molecule has 0 fully saturated rings. The van der Waals surface area contributed by atoms with E-state index in [0.717, 1.165) is 0 Å². The van der Waals surface area contributed by atoms with Gasteiger partial charge in [-0.2, -0.15) is 0 Å². The molecule has 5 heteroatoms. The van der Waals surface area contributed by atoms with Crippen LogP contribution in [0.25, 0.3) is 0 Å². The second-order valence-corrected chi connectivity index (χ2v) is 4.34. The van der Waals surface area contributed by atoms with E-state index < -0.39 is 5.97 Å². The second kappa shape index (κ2) is 7.22. The molecular weight excluding hydrogens is 208 g/mol. The lowest BCUT2D eigenvalue weighted by Crippen LogP contribution is -2.39. The number of nitrogens with two attached hydrogens (primary N) is 1. The highest BCUT2D eigenvalue weighted by atomic mass is 16.4. The third kappa shape index (κ3) is 6.40. The van der Waals surface area contributed by atoms with Gasteiger partial charge >= 0.3 is 5.97 Å². The smallest absolute Gasteiger partial charge is 0.305 e. The van der Waals surface area contributed by atoms with Crippen molar-refractivity contribution in [2.75, 3.05) is 6.54 Å². The Kier molecular flexibility index (Phi) is 6.72. The molecule has 1 atom stereocenters. The molecule has 0 aromatic carbocycles. The van der Waals surface area contributed by atoms with E-state index in [9.17, 15) is 9.59 Å². The first-order valence-electron chi connectivity index (χ1n) is 5.61. The van der Waals surface area contributed by atoms with Crippen molar-refractivity contribution in [2.45, 2.75) is 52.1 Å². The van der Waals surface area contributed by atoms with Gasteiger partial charge in [-0.15, -0.1) is 0 Å². The topological polar surface area (TPSA) is 83.6 Å². The van der Waals surface area contributed by atoms with Crippen molar-refractivity contribution in [3.63, 3.8) is 0 Å². The third-order valence-electron chi connectivity index (χ3n) is 2.32. The predicted octanol–water partition coefficient (Wildman–Crippen LogP) is 0.826. The van der Waals surface area contributed by atoms with E-state index in [4.69, 9.17) is 10.8 Å². The van der Waals surface area contributed by atoms with Gasteiger partial charge < -0.3 is 15.7 Å². The molecule has 94 valence electrons. The molecule has 0 rings (SSSR count). The molecule has 0 spiro atoms. The first-order valence-corrected chi connectivity index (χ1v) is 5.61. The Morgan fingerprint density at radius 1 is 1.25 bits per heavy atom. The monoisotopic (exact) mass is 230 g/mol. The van der Waals surface area contributed by atoms with Gasteiger partial charge in [-0.1, -0.05) is 0 Å². The maximum Gasteiger partial charge on any atom is 0.305 e. The molecule has 0 heterocycles. The van der Waals surface area contributed by atoms with Gasteiger partial charge in [0.1, 0.15) is 0 Å². The van der Waals surface area contributed by atoms with E-state index in [1.54, 1.807) is 4.90 Å². The number of carbonyl (C=O) groups excluding carboxylic acids is 1. The SMILES string of the molecule is CC(N)CCC(=O)N(CCC(=O)O)C(C)C. The minimum absolute atomic E-state index is 0.00237. The van der Waals surface area contributed by atoms with E-state index in [-0.39, 0.29) is 31.0 Å². The number of aliphatic carboxylic acids is 1. The van der Waals surface area contributed by atoms with Gasteiger partial charge in [0.15, 0.2) is 0 Å². The van der Waals surface area contributed by atoms with Gasteiger partial charge in [0.2, 0.25) is 5.91 Å². The molecule has 0 radical (unpaired) electrons.